The van der Waals surface area contributed by atoms with E-state index in [1.54, 1.807) is 0 Å². The zero-order valence-electron chi connectivity index (χ0n) is 8.19. The molecule has 1 aliphatic rings. The maximum atomic E-state index is 3.98. The molecule has 0 radical (unpaired) electrons. The number of likely N-dealkylation sites (tertiary alicyclic amines) is 1. The second kappa shape index (κ2) is 6.26. The number of hydrogen-bond acceptors (Lipinski definition) is 1. The SMILES string of the molecule is C=C1CCCN1CCC.CC. The van der Waals surface area contributed by atoms with Gasteiger partial charge in [0.25, 0.3) is 0 Å². The standard InChI is InChI=1S/C8H15N.C2H6/c1-3-6-9-7-4-5-8(9)2;1-2/h2-7H2,1H3;1-2H3. The van der Waals surface area contributed by atoms with Gasteiger partial charge in [-0.3, -0.25) is 0 Å². The van der Waals surface area contributed by atoms with Gasteiger partial charge >= 0.3 is 0 Å². The first kappa shape index (κ1) is 10.5. The van der Waals surface area contributed by atoms with E-state index >= 15 is 0 Å². The monoisotopic (exact) mass is 155 g/mol. The summed E-state index contributed by atoms with van der Waals surface area (Å²) in [6, 6.07) is 0. The van der Waals surface area contributed by atoms with Crippen LogP contribution >= 0.6 is 0 Å². The van der Waals surface area contributed by atoms with Gasteiger partial charge in [0.15, 0.2) is 0 Å². The van der Waals surface area contributed by atoms with Crippen LogP contribution in [0.2, 0.25) is 0 Å². The number of rotatable bonds is 2. The Morgan fingerprint density at radius 1 is 1.45 bits per heavy atom. The van der Waals surface area contributed by atoms with E-state index in [9.17, 15) is 0 Å². The van der Waals surface area contributed by atoms with Gasteiger partial charge in [-0.15, -0.1) is 0 Å². The first-order valence-corrected chi connectivity index (χ1v) is 4.77. The van der Waals surface area contributed by atoms with Crippen molar-refractivity contribution in [3.8, 4) is 0 Å². The summed E-state index contributed by atoms with van der Waals surface area (Å²) in [5, 5.41) is 0. The van der Waals surface area contributed by atoms with E-state index in [4.69, 9.17) is 0 Å². The minimum Gasteiger partial charge on any atom is -0.375 e. The van der Waals surface area contributed by atoms with Gasteiger partial charge in [-0.1, -0.05) is 27.4 Å². The van der Waals surface area contributed by atoms with Crippen LogP contribution in [-0.2, 0) is 0 Å². The molecule has 0 amide bonds. The summed E-state index contributed by atoms with van der Waals surface area (Å²) in [5.74, 6) is 0. The van der Waals surface area contributed by atoms with Crippen molar-refractivity contribution in [2.45, 2.75) is 40.0 Å². The van der Waals surface area contributed by atoms with E-state index in [0.29, 0.717) is 0 Å². The highest BCUT2D eigenvalue weighted by Crippen LogP contribution is 2.18. The third-order valence-electron chi connectivity index (χ3n) is 1.83. The minimum atomic E-state index is 1.21. The lowest BCUT2D eigenvalue weighted by molar-refractivity contribution is 0.394. The van der Waals surface area contributed by atoms with Crippen LogP contribution in [0.15, 0.2) is 12.3 Å². The van der Waals surface area contributed by atoms with Crippen molar-refractivity contribution >= 4 is 0 Å². The average Bonchev–Trinajstić information content (AvgIpc) is 2.42. The molecule has 0 unspecified atom stereocenters. The smallest absolute Gasteiger partial charge is 0.0178 e. The predicted octanol–water partition coefficient (Wildman–Crippen LogP) is 3.03. The lowest BCUT2D eigenvalue weighted by Gasteiger charge is -2.17. The van der Waals surface area contributed by atoms with Crippen molar-refractivity contribution in [1.29, 1.82) is 0 Å². The second-order valence-corrected chi connectivity index (χ2v) is 2.66. The zero-order chi connectivity index (χ0) is 8.69. The average molecular weight is 155 g/mol. The fourth-order valence-electron chi connectivity index (χ4n) is 1.33. The van der Waals surface area contributed by atoms with Crippen molar-refractivity contribution in [2.75, 3.05) is 13.1 Å². The molecule has 0 spiro atoms. The van der Waals surface area contributed by atoms with E-state index in [2.05, 4.69) is 18.4 Å². The molecule has 1 aliphatic heterocycles. The van der Waals surface area contributed by atoms with E-state index in [1.807, 2.05) is 13.8 Å². The lowest BCUT2D eigenvalue weighted by Crippen LogP contribution is -2.17. The van der Waals surface area contributed by atoms with Gasteiger partial charge in [-0.2, -0.15) is 0 Å². The largest absolute Gasteiger partial charge is 0.375 e. The Morgan fingerprint density at radius 3 is 2.45 bits per heavy atom. The maximum absolute atomic E-state index is 3.98. The molecular formula is C10H21N. The van der Waals surface area contributed by atoms with Gasteiger partial charge in [0.2, 0.25) is 0 Å². The molecule has 0 aromatic rings. The summed E-state index contributed by atoms with van der Waals surface area (Å²) in [6.07, 6.45) is 3.79. The molecule has 0 aromatic carbocycles. The van der Waals surface area contributed by atoms with Crippen LogP contribution in [0.25, 0.3) is 0 Å². The first-order chi connectivity index (χ1) is 5.34. The highest BCUT2D eigenvalue weighted by molar-refractivity contribution is 4.98. The summed E-state index contributed by atoms with van der Waals surface area (Å²) in [5.41, 5.74) is 1.34. The quantitative estimate of drug-likeness (QED) is 0.592. The number of nitrogens with zero attached hydrogens (tertiary/aromatic N) is 1. The maximum Gasteiger partial charge on any atom is 0.0178 e. The molecule has 0 bridgehead atoms. The van der Waals surface area contributed by atoms with Gasteiger partial charge < -0.3 is 4.90 Å². The van der Waals surface area contributed by atoms with Crippen molar-refractivity contribution in [3.63, 3.8) is 0 Å². The normalized spacial score (nSPS) is 16.3. The van der Waals surface area contributed by atoms with E-state index < -0.39 is 0 Å². The molecule has 0 atom stereocenters. The van der Waals surface area contributed by atoms with Gasteiger partial charge in [0.1, 0.15) is 0 Å². The molecule has 0 aliphatic carbocycles. The van der Waals surface area contributed by atoms with Gasteiger partial charge in [0.05, 0.1) is 0 Å². The molecule has 0 saturated carbocycles. The molecule has 66 valence electrons. The van der Waals surface area contributed by atoms with Gasteiger partial charge in [0, 0.05) is 18.8 Å². The molecule has 1 fully saturated rings. The molecule has 1 heterocycles. The second-order valence-electron chi connectivity index (χ2n) is 2.66. The Morgan fingerprint density at radius 2 is 2.09 bits per heavy atom. The van der Waals surface area contributed by atoms with Crippen molar-refractivity contribution in [3.05, 3.63) is 12.3 Å². The molecule has 1 nitrogen and oxygen atoms in total. The Kier molecular flexibility index (Phi) is 6.00. The van der Waals surface area contributed by atoms with Crippen LogP contribution < -0.4 is 0 Å². The van der Waals surface area contributed by atoms with Crippen molar-refractivity contribution in [2.24, 2.45) is 0 Å². The van der Waals surface area contributed by atoms with E-state index in [0.717, 1.165) is 0 Å². The summed E-state index contributed by atoms with van der Waals surface area (Å²) in [7, 11) is 0. The van der Waals surface area contributed by atoms with Gasteiger partial charge in [-0.25, -0.2) is 0 Å². The molecule has 11 heavy (non-hydrogen) atoms. The summed E-state index contributed by atoms with van der Waals surface area (Å²) in [4.78, 5) is 2.39. The van der Waals surface area contributed by atoms with Crippen LogP contribution in [0.4, 0.5) is 0 Å². The molecule has 1 heteroatoms. The molecule has 1 rings (SSSR count). The number of allylic oxidation sites excluding steroid dienone is 1. The van der Waals surface area contributed by atoms with Crippen molar-refractivity contribution < 1.29 is 0 Å². The molecular weight excluding hydrogens is 134 g/mol. The van der Waals surface area contributed by atoms with Crippen LogP contribution in [0.5, 0.6) is 0 Å². The molecule has 0 N–H and O–H groups in total. The molecule has 0 aromatic heterocycles. The summed E-state index contributed by atoms with van der Waals surface area (Å²) in [6.45, 7) is 12.6. The van der Waals surface area contributed by atoms with Crippen LogP contribution in [0.3, 0.4) is 0 Å². The topological polar surface area (TPSA) is 3.24 Å². The Hall–Kier alpha value is -0.460. The predicted molar refractivity (Wildman–Crippen MR) is 51.6 cm³/mol. The molecule has 1 saturated heterocycles. The Labute approximate surface area is 71.1 Å². The highest BCUT2D eigenvalue weighted by atomic mass is 15.1. The number of hydrogen-bond donors (Lipinski definition) is 0. The lowest BCUT2D eigenvalue weighted by atomic mass is 10.3. The fraction of sp³-hybridized carbons (Fsp3) is 0.800. The Balaban J connectivity index is 0.000000461. The summed E-state index contributed by atoms with van der Waals surface area (Å²) < 4.78 is 0. The van der Waals surface area contributed by atoms with E-state index in [-0.39, 0.29) is 0 Å². The zero-order valence-corrected chi connectivity index (χ0v) is 8.19. The van der Waals surface area contributed by atoms with Crippen LogP contribution in [0.1, 0.15) is 40.0 Å². The minimum absolute atomic E-state index is 1.21. The van der Waals surface area contributed by atoms with Gasteiger partial charge in [-0.05, 0) is 19.3 Å². The van der Waals surface area contributed by atoms with Crippen LogP contribution in [0, 0.1) is 0 Å². The third-order valence-corrected chi connectivity index (χ3v) is 1.83. The van der Waals surface area contributed by atoms with Crippen LogP contribution in [-0.4, -0.2) is 18.0 Å². The fourth-order valence-corrected chi connectivity index (χ4v) is 1.33. The van der Waals surface area contributed by atoms with Crippen molar-refractivity contribution in [1.82, 2.24) is 4.90 Å². The first-order valence-electron chi connectivity index (χ1n) is 4.77. The highest BCUT2D eigenvalue weighted by Gasteiger charge is 2.12. The summed E-state index contributed by atoms with van der Waals surface area (Å²) >= 11 is 0. The van der Waals surface area contributed by atoms with E-state index in [1.165, 1.54) is 38.0 Å². The third kappa shape index (κ3) is 3.45. The Bertz CT molecular complexity index is 107.